The van der Waals surface area contributed by atoms with Crippen LogP contribution in [0.1, 0.15) is 0 Å². The average Bonchev–Trinajstić information content (AvgIpc) is 3.41. The van der Waals surface area contributed by atoms with E-state index >= 15 is 0 Å². The first-order valence-electron chi connectivity index (χ1n) is 23.1. The predicted octanol–water partition coefficient (Wildman–Crippen LogP) is 18.6. The zero-order chi connectivity index (χ0) is 44.5. The van der Waals surface area contributed by atoms with Crippen LogP contribution in [0.2, 0.25) is 0 Å². The Labute approximate surface area is 392 Å². The highest BCUT2D eigenvalue weighted by molar-refractivity contribution is 6.04. The van der Waals surface area contributed by atoms with Crippen molar-refractivity contribution >= 4 is 49.4 Å². The molecule has 0 atom stereocenters. The van der Waals surface area contributed by atoms with Gasteiger partial charge in [0.2, 0.25) is 0 Å². The molecule has 0 spiro atoms. The lowest BCUT2D eigenvalue weighted by atomic mass is 9.89. The first-order valence-corrected chi connectivity index (χ1v) is 23.1. The van der Waals surface area contributed by atoms with Crippen LogP contribution in [0.4, 0.5) is 17.1 Å². The molecule has 12 aromatic rings. The van der Waals surface area contributed by atoms with Gasteiger partial charge in [0.1, 0.15) is 0 Å². The van der Waals surface area contributed by atoms with E-state index in [1.54, 1.807) is 0 Å². The molecule has 0 saturated heterocycles. The molecule has 0 aromatic heterocycles. The second-order valence-corrected chi connectivity index (χ2v) is 17.3. The lowest BCUT2D eigenvalue weighted by molar-refractivity contribution is 1.28. The van der Waals surface area contributed by atoms with Gasteiger partial charge in [-0.25, -0.2) is 0 Å². The summed E-state index contributed by atoms with van der Waals surface area (Å²) in [6, 6.07) is 99.4. The van der Waals surface area contributed by atoms with Crippen molar-refractivity contribution in [3.63, 3.8) is 0 Å². The Kier molecular flexibility index (Phi) is 10.3. The van der Waals surface area contributed by atoms with Crippen molar-refractivity contribution in [2.45, 2.75) is 0 Å². The number of hydrogen-bond acceptors (Lipinski definition) is 1. The summed E-state index contributed by atoms with van der Waals surface area (Å²) in [7, 11) is 0. The maximum atomic E-state index is 2.37. The molecule has 0 aliphatic heterocycles. The van der Waals surface area contributed by atoms with Crippen LogP contribution in [-0.2, 0) is 0 Å². The number of fused-ring (bicyclic) bond motifs is 3. The quantitative estimate of drug-likeness (QED) is 0.140. The van der Waals surface area contributed by atoms with Gasteiger partial charge >= 0.3 is 0 Å². The molecule has 1 nitrogen and oxygen atoms in total. The Morgan fingerprint density at radius 3 is 1.27 bits per heavy atom. The SMILES string of the molecule is c1ccc(-c2ccc3ccccc3c2-c2ccc(N(c3ccc(-c4ccc(-c5cccc6ccccc56)cc4)cc3)c3ccc(-c4cccc(-c5ccc6ccccc6c5)c4)cc3)cc2)cc1. The average molecular weight is 852 g/mol. The van der Waals surface area contributed by atoms with E-state index in [9.17, 15) is 0 Å². The van der Waals surface area contributed by atoms with Crippen molar-refractivity contribution in [2.24, 2.45) is 0 Å². The first-order chi connectivity index (χ1) is 33.2. The fourth-order valence-corrected chi connectivity index (χ4v) is 9.84. The van der Waals surface area contributed by atoms with Crippen LogP contribution < -0.4 is 4.90 Å². The zero-order valence-electron chi connectivity index (χ0n) is 36.9. The van der Waals surface area contributed by atoms with Gasteiger partial charge in [-0.15, -0.1) is 0 Å². The highest BCUT2D eigenvalue weighted by Crippen LogP contribution is 2.42. The normalized spacial score (nSPS) is 11.3. The van der Waals surface area contributed by atoms with E-state index in [-0.39, 0.29) is 0 Å². The monoisotopic (exact) mass is 851 g/mol. The minimum atomic E-state index is 1.09. The van der Waals surface area contributed by atoms with E-state index < -0.39 is 0 Å². The van der Waals surface area contributed by atoms with Gasteiger partial charge in [-0.3, -0.25) is 0 Å². The maximum Gasteiger partial charge on any atom is 0.0462 e. The molecule has 0 N–H and O–H groups in total. The topological polar surface area (TPSA) is 3.24 Å². The summed E-state index contributed by atoms with van der Waals surface area (Å²) in [6.45, 7) is 0. The van der Waals surface area contributed by atoms with Gasteiger partial charge < -0.3 is 4.90 Å². The molecular weight excluding hydrogens is 807 g/mol. The van der Waals surface area contributed by atoms with Gasteiger partial charge in [-0.1, -0.05) is 224 Å². The summed E-state index contributed by atoms with van der Waals surface area (Å²) in [5.41, 5.74) is 17.7. The van der Waals surface area contributed by atoms with Crippen LogP contribution in [0, 0.1) is 0 Å². The van der Waals surface area contributed by atoms with Crippen molar-refractivity contribution < 1.29 is 0 Å². The van der Waals surface area contributed by atoms with Crippen molar-refractivity contribution in [3.8, 4) is 66.8 Å². The standard InChI is InChI=1S/C66H45N/c1-2-13-51(14-3-1)65-43-36-52-16-7-9-22-64(52)66(65)54-34-41-61(42-35-54)67(59-37-30-48(31-38-59)47-24-27-53(28-25-47)63-23-11-18-50-15-6-8-21-62(50)63)60-39-32-49(33-40-60)56-19-10-20-57(44-56)58-29-26-46-12-4-5-17-55(46)45-58/h1-45H. The fraction of sp³-hybridized carbons (Fsp3) is 0. The van der Waals surface area contributed by atoms with Gasteiger partial charge in [0.15, 0.2) is 0 Å². The Bertz CT molecular complexity index is 3700. The minimum Gasteiger partial charge on any atom is -0.311 e. The Hall–Kier alpha value is -8.78. The van der Waals surface area contributed by atoms with E-state index in [0.717, 1.165) is 17.1 Å². The van der Waals surface area contributed by atoms with Gasteiger partial charge in [-0.2, -0.15) is 0 Å². The van der Waals surface area contributed by atoms with Crippen LogP contribution >= 0.6 is 0 Å². The molecule has 12 aromatic carbocycles. The van der Waals surface area contributed by atoms with Gasteiger partial charge in [0.25, 0.3) is 0 Å². The molecule has 0 radical (unpaired) electrons. The fourth-order valence-electron chi connectivity index (χ4n) is 9.84. The Morgan fingerprint density at radius 1 is 0.194 bits per heavy atom. The highest BCUT2D eigenvalue weighted by atomic mass is 15.1. The van der Waals surface area contributed by atoms with Crippen LogP contribution in [0.15, 0.2) is 273 Å². The number of hydrogen-bond donors (Lipinski definition) is 0. The summed E-state index contributed by atoms with van der Waals surface area (Å²) in [5, 5.41) is 7.50. The second-order valence-electron chi connectivity index (χ2n) is 17.3. The van der Waals surface area contributed by atoms with Crippen molar-refractivity contribution in [2.75, 3.05) is 4.90 Å². The van der Waals surface area contributed by atoms with E-state index in [1.165, 1.54) is 99.1 Å². The Morgan fingerprint density at radius 2 is 0.597 bits per heavy atom. The molecule has 0 heterocycles. The van der Waals surface area contributed by atoms with Crippen LogP contribution in [0.5, 0.6) is 0 Å². The molecule has 0 aliphatic carbocycles. The third kappa shape index (κ3) is 7.73. The molecule has 0 aliphatic rings. The van der Waals surface area contributed by atoms with Crippen molar-refractivity contribution in [3.05, 3.63) is 273 Å². The van der Waals surface area contributed by atoms with E-state index in [0.29, 0.717) is 0 Å². The third-order valence-corrected chi connectivity index (χ3v) is 13.3. The molecule has 0 unspecified atom stereocenters. The maximum absolute atomic E-state index is 2.37. The van der Waals surface area contributed by atoms with Crippen LogP contribution in [0.25, 0.3) is 99.1 Å². The van der Waals surface area contributed by atoms with E-state index in [4.69, 9.17) is 0 Å². The highest BCUT2D eigenvalue weighted by Gasteiger charge is 2.17. The number of nitrogens with zero attached hydrogens (tertiary/aromatic N) is 1. The summed E-state index contributed by atoms with van der Waals surface area (Å²) in [4.78, 5) is 2.37. The Balaban J connectivity index is 0.906. The molecule has 12 rings (SSSR count). The summed E-state index contributed by atoms with van der Waals surface area (Å²) < 4.78 is 0. The summed E-state index contributed by atoms with van der Waals surface area (Å²) in [6.07, 6.45) is 0. The minimum absolute atomic E-state index is 1.09. The van der Waals surface area contributed by atoms with Gasteiger partial charge in [0, 0.05) is 17.1 Å². The molecule has 0 bridgehead atoms. The van der Waals surface area contributed by atoms with Gasteiger partial charge in [0.05, 0.1) is 0 Å². The molecule has 0 fully saturated rings. The molecule has 314 valence electrons. The van der Waals surface area contributed by atoms with E-state index in [1.807, 2.05) is 0 Å². The van der Waals surface area contributed by atoms with Gasteiger partial charge in [-0.05, 0) is 148 Å². The first kappa shape index (κ1) is 39.8. The molecule has 0 amide bonds. The summed E-state index contributed by atoms with van der Waals surface area (Å²) in [5.74, 6) is 0. The molecule has 0 saturated carbocycles. The molecule has 1 heteroatoms. The molecule has 67 heavy (non-hydrogen) atoms. The van der Waals surface area contributed by atoms with E-state index in [2.05, 4.69) is 278 Å². The molecular formula is C66H45N. The number of rotatable bonds is 9. The largest absolute Gasteiger partial charge is 0.311 e. The van der Waals surface area contributed by atoms with Crippen molar-refractivity contribution in [1.29, 1.82) is 0 Å². The third-order valence-electron chi connectivity index (χ3n) is 13.3. The number of benzene rings is 12. The zero-order valence-corrected chi connectivity index (χ0v) is 36.9. The lowest BCUT2D eigenvalue weighted by Crippen LogP contribution is -2.09. The summed E-state index contributed by atoms with van der Waals surface area (Å²) >= 11 is 0. The second kappa shape index (κ2) is 17.3. The lowest BCUT2D eigenvalue weighted by Gasteiger charge is -2.26. The van der Waals surface area contributed by atoms with Crippen molar-refractivity contribution in [1.82, 2.24) is 0 Å². The number of anilines is 3. The smallest absolute Gasteiger partial charge is 0.0462 e. The van der Waals surface area contributed by atoms with Crippen LogP contribution in [0.3, 0.4) is 0 Å². The predicted molar refractivity (Wildman–Crippen MR) is 286 cm³/mol. The van der Waals surface area contributed by atoms with Crippen LogP contribution in [-0.4, -0.2) is 0 Å².